The van der Waals surface area contributed by atoms with E-state index in [9.17, 15) is 24.3 Å². The summed E-state index contributed by atoms with van der Waals surface area (Å²) in [7, 11) is 1.83. The van der Waals surface area contributed by atoms with Gasteiger partial charge in [-0.3, -0.25) is 23.7 Å². The molecular formula is C33H36N6O5. The molecule has 4 aromatic rings. The molecular weight excluding hydrogens is 560 g/mol. The van der Waals surface area contributed by atoms with E-state index in [1.54, 1.807) is 39.9 Å². The Morgan fingerprint density at radius 3 is 2.43 bits per heavy atom. The van der Waals surface area contributed by atoms with Gasteiger partial charge in [-0.2, -0.15) is 0 Å². The van der Waals surface area contributed by atoms with Gasteiger partial charge in [-0.25, -0.2) is 4.98 Å². The predicted molar refractivity (Wildman–Crippen MR) is 164 cm³/mol. The molecule has 3 N–H and O–H groups in total. The molecule has 2 aliphatic rings. The molecule has 0 spiro atoms. The lowest BCUT2D eigenvalue weighted by atomic mass is 9.79. The Bertz CT molecular complexity index is 1770. The number of rotatable bonds is 6. The minimum absolute atomic E-state index is 0.00765. The number of hydrogen-bond donors (Lipinski definition) is 2. The summed E-state index contributed by atoms with van der Waals surface area (Å²) in [5, 5.41) is 11.9. The van der Waals surface area contributed by atoms with Crippen molar-refractivity contribution in [2.45, 2.75) is 37.3 Å². The third kappa shape index (κ3) is 5.62. The van der Waals surface area contributed by atoms with Crippen molar-refractivity contribution in [3.63, 3.8) is 0 Å². The summed E-state index contributed by atoms with van der Waals surface area (Å²) in [5.74, 6) is -1.35. The van der Waals surface area contributed by atoms with Gasteiger partial charge in [0.2, 0.25) is 11.8 Å². The second-order valence-corrected chi connectivity index (χ2v) is 12.0. The number of carbonyl (C=O) groups excluding carboxylic acids is 3. The maximum atomic E-state index is 14.0. The quantitative estimate of drug-likeness (QED) is 0.349. The maximum Gasteiger partial charge on any atom is 0.262 e. The van der Waals surface area contributed by atoms with Crippen molar-refractivity contribution in [1.82, 2.24) is 23.9 Å². The number of nitrogens with two attached hydrogens (primary N) is 1. The lowest BCUT2D eigenvalue weighted by molar-refractivity contribution is -0.142. The highest BCUT2D eigenvalue weighted by Gasteiger charge is 2.41. The van der Waals surface area contributed by atoms with Crippen LogP contribution in [0.4, 0.5) is 0 Å². The summed E-state index contributed by atoms with van der Waals surface area (Å²) in [5.41, 5.74) is 6.31. The highest BCUT2D eigenvalue weighted by atomic mass is 16.3. The molecule has 6 rings (SSSR count). The third-order valence-corrected chi connectivity index (χ3v) is 9.16. The van der Waals surface area contributed by atoms with Crippen molar-refractivity contribution in [3.8, 4) is 0 Å². The van der Waals surface area contributed by atoms with Gasteiger partial charge in [-0.15, -0.1) is 0 Å². The molecule has 4 heterocycles. The van der Waals surface area contributed by atoms with E-state index in [0.29, 0.717) is 62.0 Å². The average Bonchev–Trinajstić information content (AvgIpc) is 3.43. The number of amides is 3. The van der Waals surface area contributed by atoms with Crippen LogP contribution in [0.1, 0.15) is 51.5 Å². The molecule has 11 nitrogen and oxygen atoms in total. The van der Waals surface area contributed by atoms with Gasteiger partial charge in [-0.05, 0) is 49.1 Å². The van der Waals surface area contributed by atoms with Crippen LogP contribution >= 0.6 is 0 Å². The van der Waals surface area contributed by atoms with Gasteiger partial charge in [0.15, 0.2) is 0 Å². The summed E-state index contributed by atoms with van der Waals surface area (Å²) in [6.07, 6.45) is 4.41. The number of primary amides is 1. The largest absolute Gasteiger partial charge is 0.388 e. The van der Waals surface area contributed by atoms with Crippen molar-refractivity contribution in [1.29, 1.82) is 0 Å². The summed E-state index contributed by atoms with van der Waals surface area (Å²) >= 11 is 0. The van der Waals surface area contributed by atoms with Crippen LogP contribution in [0.3, 0.4) is 0 Å². The molecule has 0 bridgehead atoms. The number of fused-ring (bicyclic) bond motifs is 1. The second kappa shape index (κ2) is 11.7. The van der Waals surface area contributed by atoms with E-state index in [-0.39, 0.29) is 41.3 Å². The number of benzene rings is 2. The van der Waals surface area contributed by atoms with Crippen molar-refractivity contribution >= 4 is 28.8 Å². The van der Waals surface area contributed by atoms with E-state index in [4.69, 9.17) is 5.73 Å². The molecule has 2 aromatic heterocycles. The van der Waals surface area contributed by atoms with Gasteiger partial charge in [0.1, 0.15) is 12.0 Å². The van der Waals surface area contributed by atoms with Crippen LogP contribution in [0.15, 0.2) is 78.0 Å². The number of aliphatic hydroxyl groups is 1. The highest BCUT2D eigenvalue weighted by molar-refractivity contribution is 5.99. The molecule has 2 aromatic carbocycles. The number of likely N-dealkylation sites (tertiary alicyclic amines) is 2. The fourth-order valence-electron chi connectivity index (χ4n) is 6.60. The SMILES string of the molecule is Cn1ccc2c(=O)n(CC3(O)CCN(C(=O)[C@@H]4CCN(C(=O)c5cccc(C(N)=O)c5)C[C@H]4c4ccccc4)CC3)cnc21. The summed E-state index contributed by atoms with van der Waals surface area (Å²) in [4.78, 5) is 60.1. The Labute approximate surface area is 254 Å². The standard InChI is InChI=1S/C33H36N6O5/c1-36-14-10-26-29(36)35-21-39(32(26)43)20-33(44)12-16-37(17-13-33)31(42)25-11-15-38(19-27(25)22-6-3-2-4-7-22)30(41)24-9-5-8-23(18-24)28(34)40/h2-10,14,18,21,25,27,44H,11-13,15-17,19-20H2,1H3,(H2,34,40)/t25-,27+/m1/s1. The second-order valence-electron chi connectivity index (χ2n) is 12.0. The fraction of sp³-hybridized carbons (Fsp3) is 0.364. The smallest absolute Gasteiger partial charge is 0.262 e. The normalized spacial score (nSPS) is 20.0. The molecule has 2 fully saturated rings. The first-order valence-corrected chi connectivity index (χ1v) is 14.9. The topological polar surface area (TPSA) is 144 Å². The van der Waals surface area contributed by atoms with Gasteiger partial charge >= 0.3 is 0 Å². The summed E-state index contributed by atoms with van der Waals surface area (Å²) in [6, 6.07) is 17.9. The molecule has 0 unspecified atom stereocenters. The Kier molecular flexibility index (Phi) is 7.81. The van der Waals surface area contributed by atoms with Crippen LogP contribution in [0.25, 0.3) is 11.0 Å². The van der Waals surface area contributed by atoms with Crippen molar-refractivity contribution < 1.29 is 19.5 Å². The van der Waals surface area contributed by atoms with E-state index >= 15 is 0 Å². The zero-order valence-electron chi connectivity index (χ0n) is 24.6. The first-order valence-electron chi connectivity index (χ1n) is 14.9. The zero-order valence-corrected chi connectivity index (χ0v) is 24.6. The number of hydrogen-bond acceptors (Lipinski definition) is 6. The van der Waals surface area contributed by atoms with Gasteiger partial charge in [0.05, 0.1) is 17.5 Å². The van der Waals surface area contributed by atoms with E-state index in [1.807, 2.05) is 42.3 Å². The number of aryl methyl sites for hydroxylation is 1. The average molecular weight is 597 g/mol. The van der Waals surface area contributed by atoms with Crippen molar-refractivity contribution in [2.75, 3.05) is 26.2 Å². The lowest BCUT2D eigenvalue weighted by Crippen LogP contribution is -2.53. The molecule has 44 heavy (non-hydrogen) atoms. The van der Waals surface area contributed by atoms with Crippen LogP contribution in [-0.4, -0.2) is 78.5 Å². The van der Waals surface area contributed by atoms with Crippen molar-refractivity contribution in [2.24, 2.45) is 18.7 Å². The molecule has 2 saturated heterocycles. The Morgan fingerprint density at radius 2 is 1.70 bits per heavy atom. The van der Waals surface area contributed by atoms with Gasteiger partial charge in [-0.1, -0.05) is 36.4 Å². The van der Waals surface area contributed by atoms with Gasteiger partial charge < -0.3 is 25.2 Å². The molecule has 11 heteroatoms. The third-order valence-electron chi connectivity index (χ3n) is 9.16. The van der Waals surface area contributed by atoms with E-state index in [0.717, 1.165) is 5.56 Å². The number of piperidine rings is 2. The predicted octanol–water partition coefficient (Wildman–Crippen LogP) is 2.13. The Morgan fingerprint density at radius 1 is 0.977 bits per heavy atom. The van der Waals surface area contributed by atoms with Crippen LogP contribution in [0, 0.1) is 5.92 Å². The molecule has 0 saturated carbocycles. The Hall–Kier alpha value is -4.77. The molecule has 2 aliphatic heterocycles. The maximum absolute atomic E-state index is 14.0. The molecule has 0 radical (unpaired) electrons. The summed E-state index contributed by atoms with van der Waals surface area (Å²) in [6.45, 7) is 1.60. The fourth-order valence-corrected chi connectivity index (χ4v) is 6.60. The van der Waals surface area contributed by atoms with E-state index in [2.05, 4.69) is 4.98 Å². The first-order chi connectivity index (χ1) is 21.1. The first kappa shape index (κ1) is 29.3. The van der Waals surface area contributed by atoms with E-state index in [1.165, 1.54) is 17.0 Å². The number of aromatic nitrogens is 3. The minimum atomic E-state index is -1.14. The van der Waals surface area contributed by atoms with Crippen LogP contribution in [-0.2, 0) is 18.4 Å². The number of nitrogens with zero attached hydrogens (tertiary/aromatic N) is 5. The van der Waals surface area contributed by atoms with Crippen LogP contribution in [0.2, 0.25) is 0 Å². The lowest BCUT2D eigenvalue weighted by Gasteiger charge is -2.43. The zero-order chi connectivity index (χ0) is 31.0. The summed E-state index contributed by atoms with van der Waals surface area (Å²) < 4.78 is 3.24. The minimum Gasteiger partial charge on any atom is -0.388 e. The van der Waals surface area contributed by atoms with Gasteiger partial charge in [0, 0.05) is 62.4 Å². The van der Waals surface area contributed by atoms with Crippen LogP contribution in [0.5, 0.6) is 0 Å². The monoisotopic (exact) mass is 596 g/mol. The highest BCUT2D eigenvalue weighted by Crippen LogP contribution is 2.36. The number of carbonyl (C=O) groups is 3. The van der Waals surface area contributed by atoms with Crippen LogP contribution < -0.4 is 11.3 Å². The van der Waals surface area contributed by atoms with E-state index < -0.39 is 11.5 Å². The molecule has 0 aliphatic carbocycles. The van der Waals surface area contributed by atoms with Crippen molar-refractivity contribution in [3.05, 3.63) is 100 Å². The molecule has 3 amide bonds. The molecule has 228 valence electrons. The van der Waals surface area contributed by atoms with Gasteiger partial charge in [0.25, 0.3) is 11.5 Å². The Balaban J connectivity index is 1.16. The molecule has 2 atom stereocenters.